The molecule has 1 atom stereocenters. The largest absolute Gasteiger partial charge is 0.454 e. The van der Waals surface area contributed by atoms with Gasteiger partial charge >= 0.3 is 0 Å². The zero-order valence-corrected chi connectivity index (χ0v) is 23.6. The number of nitrogens with one attached hydrogen (secondary N) is 1. The molecule has 1 aliphatic rings. The van der Waals surface area contributed by atoms with Crippen molar-refractivity contribution in [2.75, 3.05) is 18.2 Å². The van der Waals surface area contributed by atoms with Gasteiger partial charge < -0.3 is 14.8 Å². The van der Waals surface area contributed by atoms with E-state index in [2.05, 4.69) is 29.5 Å². The molecule has 2 heterocycles. The smallest absolute Gasteiger partial charge is 0.249 e. The van der Waals surface area contributed by atoms with E-state index < -0.39 is 11.9 Å². The second kappa shape index (κ2) is 11.8. The van der Waals surface area contributed by atoms with Gasteiger partial charge in [0.1, 0.15) is 18.1 Å². The summed E-state index contributed by atoms with van der Waals surface area (Å²) < 4.78 is 12.6. The number of benzene rings is 3. The third kappa shape index (κ3) is 5.91. The van der Waals surface area contributed by atoms with Crippen LogP contribution in [0, 0.1) is 12.8 Å². The summed E-state index contributed by atoms with van der Waals surface area (Å²) >= 11 is 0. The normalized spacial score (nSPS) is 12.9. The number of anilines is 1. The van der Waals surface area contributed by atoms with Gasteiger partial charge in [0, 0.05) is 18.2 Å². The molecule has 0 fully saturated rings. The Bertz CT molecular complexity index is 1590. The molecule has 0 saturated carbocycles. The van der Waals surface area contributed by atoms with Crippen molar-refractivity contribution in [1.82, 2.24) is 20.3 Å². The fraction of sp³-hybridized carbons (Fsp3) is 0.323. The van der Waals surface area contributed by atoms with Gasteiger partial charge in [-0.25, -0.2) is 4.68 Å². The van der Waals surface area contributed by atoms with Crippen molar-refractivity contribution in [1.29, 1.82) is 0 Å². The number of hydrogen-bond acceptors (Lipinski definition) is 7. The van der Waals surface area contributed by atoms with Gasteiger partial charge in [-0.3, -0.25) is 19.3 Å². The van der Waals surface area contributed by atoms with Crippen LogP contribution in [0.3, 0.4) is 0 Å². The molecule has 0 radical (unpaired) electrons. The molecule has 0 unspecified atom stereocenters. The van der Waals surface area contributed by atoms with Crippen LogP contribution in [0.4, 0.5) is 5.69 Å². The van der Waals surface area contributed by atoms with E-state index >= 15 is 0 Å². The number of aryl methyl sites for hydroxylation is 1. The second-order valence-corrected chi connectivity index (χ2v) is 10.6. The number of hydrogen-bond donors (Lipinski definition) is 1. The number of nitrogens with zero attached hydrogens (tertiary/aromatic N) is 4. The van der Waals surface area contributed by atoms with Gasteiger partial charge in [-0.1, -0.05) is 61.0 Å². The molecule has 3 aromatic carbocycles. The topological polar surface area (TPSA) is 116 Å². The number of amides is 2. The molecular weight excluding hydrogens is 522 g/mol. The van der Waals surface area contributed by atoms with Crippen molar-refractivity contribution < 1.29 is 23.9 Å². The minimum absolute atomic E-state index is 0.00783. The molecule has 0 bridgehead atoms. The van der Waals surface area contributed by atoms with Gasteiger partial charge in [-0.05, 0) is 49.9 Å². The van der Waals surface area contributed by atoms with E-state index in [1.54, 1.807) is 12.1 Å². The minimum atomic E-state index is -1.08. The van der Waals surface area contributed by atoms with Crippen LogP contribution in [0.5, 0.6) is 11.5 Å². The van der Waals surface area contributed by atoms with Gasteiger partial charge in [0.2, 0.25) is 18.6 Å². The number of carbonyl (C=O) groups is 3. The fourth-order valence-electron chi connectivity index (χ4n) is 4.82. The Hall–Kier alpha value is -4.73. The van der Waals surface area contributed by atoms with Crippen molar-refractivity contribution >= 4 is 34.3 Å². The van der Waals surface area contributed by atoms with Crippen LogP contribution in [0.25, 0.3) is 11.0 Å². The minimum Gasteiger partial charge on any atom is -0.454 e. The van der Waals surface area contributed by atoms with Crippen LogP contribution in [0.1, 0.15) is 54.7 Å². The molecule has 4 aromatic rings. The van der Waals surface area contributed by atoms with Gasteiger partial charge in [-0.2, -0.15) is 0 Å². The summed E-state index contributed by atoms with van der Waals surface area (Å²) in [5, 5.41) is 11.4. The Balaban J connectivity index is 1.66. The van der Waals surface area contributed by atoms with Gasteiger partial charge in [0.25, 0.3) is 0 Å². The predicted octanol–water partition coefficient (Wildman–Crippen LogP) is 4.61. The van der Waals surface area contributed by atoms with E-state index in [-0.39, 0.29) is 36.3 Å². The summed E-state index contributed by atoms with van der Waals surface area (Å²) in [6.45, 7) is 7.74. The highest BCUT2D eigenvalue weighted by atomic mass is 16.7. The Kier molecular flexibility index (Phi) is 8.00. The van der Waals surface area contributed by atoms with E-state index in [1.165, 1.54) is 16.5 Å². The molecule has 1 aliphatic heterocycles. The molecule has 2 amide bonds. The molecule has 41 heavy (non-hydrogen) atoms. The van der Waals surface area contributed by atoms with Crippen molar-refractivity contribution in [3.63, 3.8) is 0 Å². The van der Waals surface area contributed by atoms with Gasteiger partial charge in [0.15, 0.2) is 17.3 Å². The van der Waals surface area contributed by atoms with E-state index in [0.717, 1.165) is 12.0 Å². The number of para-hydroxylation sites is 1. The quantitative estimate of drug-likeness (QED) is 0.284. The number of aromatic nitrogens is 3. The van der Waals surface area contributed by atoms with Gasteiger partial charge in [0.05, 0.1) is 11.2 Å². The second-order valence-electron chi connectivity index (χ2n) is 10.6. The Labute approximate surface area is 238 Å². The molecule has 0 saturated heterocycles. The van der Waals surface area contributed by atoms with E-state index in [9.17, 15) is 14.4 Å². The first kappa shape index (κ1) is 27.8. The van der Waals surface area contributed by atoms with Crippen LogP contribution < -0.4 is 19.7 Å². The molecular formula is C31H33N5O5. The Morgan fingerprint density at radius 3 is 2.44 bits per heavy atom. The SMILES string of the molecule is CC(=O)c1cc2c(cc1N(C(=O)Cn1nnc3ccccc31)[C@H](C(=O)NCCC(C)C)c1ccc(C)cc1)OCO2. The first-order chi connectivity index (χ1) is 19.7. The molecule has 0 spiro atoms. The van der Waals surface area contributed by atoms with Crippen LogP contribution in [-0.4, -0.2) is 45.9 Å². The molecule has 10 heteroatoms. The third-order valence-corrected chi connectivity index (χ3v) is 7.02. The van der Waals surface area contributed by atoms with Crippen molar-refractivity contribution in [3.05, 3.63) is 77.4 Å². The predicted molar refractivity (Wildman–Crippen MR) is 154 cm³/mol. The summed E-state index contributed by atoms with van der Waals surface area (Å²) in [6, 6.07) is 16.8. The maximum Gasteiger partial charge on any atom is 0.249 e. The molecule has 5 rings (SSSR count). The summed E-state index contributed by atoms with van der Waals surface area (Å²) in [6.07, 6.45) is 0.772. The van der Waals surface area contributed by atoms with E-state index in [0.29, 0.717) is 40.6 Å². The number of rotatable bonds is 10. The van der Waals surface area contributed by atoms with Crippen LogP contribution in [-0.2, 0) is 16.1 Å². The zero-order valence-electron chi connectivity index (χ0n) is 23.6. The van der Waals surface area contributed by atoms with E-state index in [1.807, 2.05) is 55.5 Å². The summed E-state index contributed by atoms with van der Waals surface area (Å²) in [5.41, 5.74) is 3.40. The summed E-state index contributed by atoms with van der Waals surface area (Å²) in [5.74, 6) is 0.0682. The first-order valence-corrected chi connectivity index (χ1v) is 13.6. The Morgan fingerprint density at radius 2 is 1.73 bits per heavy atom. The van der Waals surface area contributed by atoms with Crippen LogP contribution >= 0.6 is 0 Å². The lowest BCUT2D eigenvalue weighted by Crippen LogP contribution is -2.46. The highest BCUT2D eigenvalue weighted by molar-refractivity contribution is 6.08. The number of fused-ring (bicyclic) bond motifs is 2. The third-order valence-electron chi connectivity index (χ3n) is 7.02. The molecule has 1 aromatic heterocycles. The lowest BCUT2D eigenvalue weighted by atomic mass is 9.99. The van der Waals surface area contributed by atoms with Gasteiger partial charge in [-0.15, -0.1) is 5.10 Å². The number of ether oxygens (including phenoxy) is 2. The first-order valence-electron chi connectivity index (χ1n) is 13.6. The van der Waals surface area contributed by atoms with Crippen molar-refractivity contribution in [2.45, 2.75) is 46.7 Å². The molecule has 1 N–H and O–H groups in total. The molecule has 0 aliphatic carbocycles. The van der Waals surface area contributed by atoms with E-state index in [4.69, 9.17) is 9.47 Å². The Morgan fingerprint density at radius 1 is 1.02 bits per heavy atom. The van der Waals surface area contributed by atoms with Crippen molar-refractivity contribution in [2.24, 2.45) is 5.92 Å². The highest BCUT2D eigenvalue weighted by Crippen LogP contribution is 2.41. The fourth-order valence-corrected chi connectivity index (χ4v) is 4.82. The van der Waals surface area contributed by atoms with Crippen molar-refractivity contribution in [3.8, 4) is 11.5 Å². The van der Waals surface area contributed by atoms with Crippen LogP contribution in [0.15, 0.2) is 60.7 Å². The average molecular weight is 556 g/mol. The summed E-state index contributed by atoms with van der Waals surface area (Å²) in [4.78, 5) is 42.7. The monoisotopic (exact) mass is 555 g/mol. The molecule has 10 nitrogen and oxygen atoms in total. The standard InChI is InChI=1S/C31H33N5O5/c1-19(2)13-14-32-31(39)30(22-11-9-20(3)10-12-22)36(26-16-28-27(40-18-41-28)15-23(26)21(4)37)29(38)17-35-25-8-6-5-7-24(25)33-34-35/h5-12,15-16,19,30H,13-14,17-18H2,1-4H3,(H,32,39)/t30-/m0/s1. The summed E-state index contributed by atoms with van der Waals surface area (Å²) in [7, 11) is 0. The number of carbonyl (C=O) groups excluding carboxylic acids is 3. The number of ketones is 1. The lowest BCUT2D eigenvalue weighted by Gasteiger charge is -2.33. The zero-order chi connectivity index (χ0) is 29.1. The molecule has 212 valence electrons. The lowest BCUT2D eigenvalue weighted by molar-refractivity contribution is -0.127. The average Bonchev–Trinajstić information content (AvgIpc) is 3.58. The highest BCUT2D eigenvalue weighted by Gasteiger charge is 2.36. The van der Waals surface area contributed by atoms with Crippen LogP contribution in [0.2, 0.25) is 0 Å². The maximum atomic E-state index is 14.4. The number of Topliss-reactive ketones (excluding diaryl/α,β-unsaturated/α-hetero) is 1. The maximum absolute atomic E-state index is 14.4.